The van der Waals surface area contributed by atoms with Gasteiger partial charge in [0.05, 0.1) is 26.4 Å². The van der Waals surface area contributed by atoms with Gasteiger partial charge < -0.3 is 29.2 Å². The lowest BCUT2D eigenvalue weighted by Gasteiger charge is -2.09. The average Bonchev–Trinajstić information content (AvgIpc) is 3.68. The summed E-state index contributed by atoms with van der Waals surface area (Å²) in [6.45, 7) is 12.2. The molecule has 2 saturated carbocycles. The highest BCUT2D eigenvalue weighted by molar-refractivity contribution is 4.66. The van der Waals surface area contributed by atoms with Gasteiger partial charge in [0.1, 0.15) is 12.2 Å². The molecule has 0 bridgehead atoms. The van der Waals surface area contributed by atoms with Crippen LogP contribution in [0.25, 0.3) is 0 Å². The molecule has 1 saturated heterocycles. The molecule has 6 nitrogen and oxygen atoms in total. The van der Waals surface area contributed by atoms with E-state index in [-0.39, 0.29) is 6.61 Å². The summed E-state index contributed by atoms with van der Waals surface area (Å²) in [6, 6.07) is 0. The summed E-state index contributed by atoms with van der Waals surface area (Å²) < 4.78 is 19.8. The minimum Gasteiger partial charge on any atom is -0.397 e. The van der Waals surface area contributed by atoms with Gasteiger partial charge in [0.25, 0.3) is 0 Å². The zero-order chi connectivity index (χ0) is 24.1. The van der Waals surface area contributed by atoms with Crippen molar-refractivity contribution in [2.24, 2.45) is 0 Å². The highest BCUT2D eigenvalue weighted by Crippen LogP contribution is 2.15. The lowest BCUT2D eigenvalue weighted by Crippen LogP contribution is -2.21. The van der Waals surface area contributed by atoms with E-state index in [2.05, 4.69) is 0 Å². The molecule has 1 unspecified atom stereocenters. The maximum atomic E-state index is 9.06. The fourth-order valence-corrected chi connectivity index (χ4v) is 3.09. The molecular weight excluding hydrogens is 408 g/mol. The Labute approximate surface area is 199 Å². The zero-order valence-electron chi connectivity index (χ0n) is 21.8. The van der Waals surface area contributed by atoms with Crippen LogP contribution in [0.2, 0.25) is 0 Å². The zero-order valence-corrected chi connectivity index (χ0v) is 21.8. The molecule has 1 heterocycles. The molecule has 3 fully saturated rings. The van der Waals surface area contributed by atoms with Crippen LogP contribution >= 0.6 is 0 Å². The largest absolute Gasteiger partial charge is 0.397 e. The quantitative estimate of drug-likeness (QED) is 0.437. The highest BCUT2D eigenvalue weighted by Gasteiger charge is 2.21. The van der Waals surface area contributed by atoms with Crippen LogP contribution in [0, 0.1) is 0 Å². The molecule has 1 atom stereocenters. The summed E-state index contributed by atoms with van der Waals surface area (Å²) in [7, 11) is 0. The summed E-state index contributed by atoms with van der Waals surface area (Å²) in [5.41, 5.74) is 0. The first-order chi connectivity index (χ1) is 15.7. The van der Waals surface area contributed by atoms with E-state index in [1.54, 1.807) is 6.92 Å². The average molecular weight is 465 g/mol. The second-order valence-electron chi connectivity index (χ2n) is 8.15. The van der Waals surface area contributed by atoms with Crippen LogP contribution in [-0.2, 0) is 18.9 Å². The molecule has 2 aliphatic carbocycles. The standard InChI is InChI=1S/C7H16O3.2C6H12.C5H10O2.C2H6O/c1-3-9-5-7(8)6-10-4-2;2*1-2-4-6-5-3-1;1-2-6-3-5-4-7-5;1-2-3/h7-8H,3-6H2,1-2H3;2*1-6H2;5H,2-4H2,1H3;3H,2H2,1H3. The maximum Gasteiger partial charge on any atom is 0.104 e. The van der Waals surface area contributed by atoms with Gasteiger partial charge >= 0.3 is 0 Å². The predicted molar refractivity (Wildman–Crippen MR) is 133 cm³/mol. The maximum absolute atomic E-state index is 9.06. The summed E-state index contributed by atoms with van der Waals surface area (Å²) in [6.07, 6.45) is 18.0. The van der Waals surface area contributed by atoms with Gasteiger partial charge in [0.2, 0.25) is 0 Å². The third-order valence-electron chi connectivity index (χ3n) is 4.94. The number of hydrogen-bond acceptors (Lipinski definition) is 6. The minimum absolute atomic E-state index is 0.250. The molecule has 0 aromatic heterocycles. The first kappa shape index (κ1) is 33.9. The SMILES string of the molecule is C1CCCCC1.C1CCCCC1.CCO.CCOCC(O)COCC.CCOCC1CO1. The lowest BCUT2D eigenvalue weighted by atomic mass is 10.0. The molecular formula is C26H56O6. The Hall–Kier alpha value is -0.240. The molecule has 32 heavy (non-hydrogen) atoms. The second-order valence-corrected chi connectivity index (χ2v) is 8.15. The predicted octanol–water partition coefficient (Wildman–Crippen LogP) is 5.52. The molecule has 6 heteroatoms. The fraction of sp³-hybridized carbons (Fsp3) is 1.00. The molecule has 0 radical (unpaired) electrons. The third kappa shape index (κ3) is 34.4. The van der Waals surface area contributed by atoms with E-state index in [1.807, 2.05) is 20.8 Å². The van der Waals surface area contributed by atoms with Gasteiger partial charge in [-0.2, -0.15) is 0 Å². The third-order valence-corrected chi connectivity index (χ3v) is 4.94. The molecule has 3 rings (SSSR count). The van der Waals surface area contributed by atoms with E-state index >= 15 is 0 Å². The molecule has 196 valence electrons. The highest BCUT2D eigenvalue weighted by atomic mass is 16.6. The van der Waals surface area contributed by atoms with Gasteiger partial charge in [-0.25, -0.2) is 0 Å². The van der Waals surface area contributed by atoms with Gasteiger partial charge in [0, 0.05) is 26.4 Å². The van der Waals surface area contributed by atoms with Crippen molar-refractivity contribution in [3.05, 3.63) is 0 Å². The van der Waals surface area contributed by atoms with Crippen LogP contribution < -0.4 is 0 Å². The van der Waals surface area contributed by atoms with Crippen LogP contribution in [0.4, 0.5) is 0 Å². The number of epoxide rings is 1. The van der Waals surface area contributed by atoms with Crippen molar-refractivity contribution >= 4 is 0 Å². The van der Waals surface area contributed by atoms with Crippen LogP contribution in [0.1, 0.15) is 105 Å². The number of aliphatic hydroxyl groups excluding tert-OH is 2. The van der Waals surface area contributed by atoms with E-state index in [4.69, 9.17) is 29.2 Å². The topological polar surface area (TPSA) is 80.7 Å². The Morgan fingerprint density at radius 2 is 0.938 bits per heavy atom. The lowest BCUT2D eigenvalue weighted by molar-refractivity contribution is -0.0132. The van der Waals surface area contributed by atoms with Gasteiger partial charge in [-0.05, 0) is 27.7 Å². The molecule has 0 aromatic carbocycles. The molecule has 0 aromatic rings. The van der Waals surface area contributed by atoms with Gasteiger partial charge in [-0.1, -0.05) is 77.0 Å². The van der Waals surface area contributed by atoms with E-state index in [0.717, 1.165) is 19.8 Å². The van der Waals surface area contributed by atoms with Gasteiger partial charge in [0.15, 0.2) is 0 Å². The Balaban J connectivity index is 0. The number of aliphatic hydroxyl groups is 2. The van der Waals surface area contributed by atoms with Crippen molar-refractivity contribution < 1.29 is 29.2 Å². The van der Waals surface area contributed by atoms with Crippen molar-refractivity contribution in [3.8, 4) is 0 Å². The van der Waals surface area contributed by atoms with Crippen molar-refractivity contribution in [2.75, 3.05) is 52.9 Å². The summed E-state index contributed by atoms with van der Waals surface area (Å²) in [4.78, 5) is 0. The molecule has 1 aliphatic heterocycles. The number of ether oxygens (including phenoxy) is 4. The van der Waals surface area contributed by atoms with Crippen LogP contribution in [0.3, 0.4) is 0 Å². The Morgan fingerprint density at radius 3 is 1.16 bits per heavy atom. The summed E-state index contributed by atoms with van der Waals surface area (Å²) in [5.74, 6) is 0. The molecule has 2 N–H and O–H groups in total. The monoisotopic (exact) mass is 464 g/mol. The molecule has 0 amide bonds. The van der Waals surface area contributed by atoms with Crippen molar-refractivity contribution in [3.63, 3.8) is 0 Å². The van der Waals surface area contributed by atoms with Crippen LogP contribution in [-0.4, -0.2) is 75.3 Å². The first-order valence-electron chi connectivity index (χ1n) is 13.3. The van der Waals surface area contributed by atoms with E-state index in [1.165, 1.54) is 77.0 Å². The van der Waals surface area contributed by atoms with E-state index in [0.29, 0.717) is 32.5 Å². The van der Waals surface area contributed by atoms with Gasteiger partial charge in [-0.15, -0.1) is 0 Å². The number of rotatable bonds is 9. The van der Waals surface area contributed by atoms with Crippen molar-refractivity contribution in [2.45, 2.75) is 117 Å². The smallest absolute Gasteiger partial charge is 0.104 e. The van der Waals surface area contributed by atoms with Crippen LogP contribution in [0.5, 0.6) is 0 Å². The first-order valence-corrected chi connectivity index (χ1v) is 13.3. The van der Waals surface area contributed by atoms with Crippen LogP contribution in [0.15, 0.2) is 0 Å². The molecule has 3 aliphatic rings. The van der Waals surface area contributed by atoms with E-state index < -0.39 is 6.10 Å². The Kier molecular flexibility index (Phi) is 32.6. The van der Waals surface area contributed by atoms with Crippen molar-refractivity contribution in [1.29, 1.82) is 0 Å². The normalized spacial score (nSPS) is 19.0. The Bertz CT molecular complexity index is 262. The summed E-state index contributed by atoms with van der Waals surface area (Å²) in [5, 5.41) is 16.6. The van der Waals surface area contributed by atoms with E-state index in [9.17, 15) is 0 Å². The second kappa shape index (κ2) is 30.8. The van der Waals surface area contributed by atoms with Gasteiger partial charge in [-0.3, -0.25) is 0 Å². The minimum atomic E-state index is -0.472. The number of hydrogen-bond donors (Lipinski definition) is 2. The Morgan fingerprint density at radius 1 is 0.656 bits per heavy atom. The fourth-order valence-electron chi connectivity index (χ4n) is 3.09. The van der Waals surface area contributed by atoms with Crippen molar-refractivity contribution in [1.82, 2.24) is 0 Å². The molecule has 0 spiro atoms. The summed E-state index contributed by atoms with van der Waals surface area (Å²) >= 11 is 0.